The molecule has 2 amide bonds. The van der Waals surface area contributed by atoms with Gasteiger partial charge in [0.25, 0.3) is 0 Å². The highest BCUT2D eigenvalue weighted by Crippen LogP contribution is 2.35. The van der Waals surface area contributed by atoms with Crippen LogP contribution in [-0.4, -0.2) is 45.9 Å². The molecule has 0 saturated carbocycles. The minimum atomic E-state index is -0.529. The summed E-state index contributed by atoms with van der Waals surface area (Å²) in [5.74, 6) is 0.196. The van der Waals surface area contributed by atoms with Crippen molar-refractivity contribution in [2.75, 3.05) is 19.5 Å². The Labute approximate surface area is 207 Å². The summed E-state index contributed by atoms with van der Waals surface area (Å²) in [5.41, 5.74) is 3.71. The number of aliphatic imine (C=N–C) groups is 1. The van der Waals surface area contributed by atoms with Crippen molar-refractivity contribution in [2.45, 2.75) is 25.1 Å². The monoisotopic (exact) mass is 486 g/mol. The van der Waals surface area contributed by atoms with Crippen LogP contribution >= 0.6 is 11.8 Å². The Kier molecular flexibility index (Phi) is 6.21. The van der Waals surface area contributed by atoms with E-state index in [1.54, 1.807) is 26.3 Å². The minimum Gasteiger partial charge on any atom is -0.495 e. The number of nitrogens with zero attached hydrogens (tertiary/aromatic N) is 3. The highest BCUT2D eigenvalue weighted by Gasteiger charge is 2.37. The maximum Gasteiger partial charge on any atom is 0.242 e. The Bertz CT molecular complexity index is 1480. The molecule has 1 aliphatic heterocycles. The van der Waals surface area contributed by atoms with Gasteiger partial charge in [-0.25, -0.2) is 4.99 Å². The highest BCUT2D eigenvalue weighted by atomic mass is 32.2. The average Bonchev–Trinajstić information content (AvgIpc) is 3.33. The van der Waals surface area contributed by atoms with Gasteiger partial charge in [0.05, 0.1) is 18.5 Å². The first kappa shape index (κ1) is 23.0. The molecular weight excluding hydrogens is 460 g/mol. The Morgan fingerprint density at radius 2 is 1.80 bits per heavy atom. The van der Waals surface area contributed by atoms with Crippen LogP contribution in [0.3, 0.4) is 0 Å². The number of aromatic nitrogens is 1. The van der Waals surface area contributed by atoms with Crippen LogP contribution in [0.2, 0.25) is 0 Å². The first-order valence-electron chi connectivity index (χ1n) is 11.5. The molecule has 4 aromatic rings. The molecule has 7 nitrogen and oxygen atoms in total. The third kappa shape index (κ3) is 4.25. The van der Waals surface area contributed by atoms with Gasteiger partial charge in [0.1, 0.15) is 11.0 Å². The molecule has 0 aliphatic carbocycles. The van der Waals surface area contributed by atoms with Crippen molar-refractivity contribution in [1.82, 2.24) is 9.47 Å². The second kappa shape index (κ2) is 9.46. The Hall–Kier alpha value is -3.78. The summed E-state index contributed by atoms with van der Waals surface area (Å²) < 4.78 is 7.58. The molecule has 1 atom stereocenters. The molecule has 1 fully saturated rings. The zero-order chi connectivity index (χ0) is 24.5. The van der Waals surface area contributed by atoms with E-state index in [0.717, 1.165) is 23.1 Å². The largest absolute Gasteiger partial charge is 0.495 e. The lowest BCUT2D eigenvalue weighted by atomic mass is 10.1. The number of rotatable bonds is 6. The van der Waals surface area contributed by atoms with Crippen LogP contribution in [0.25, 0.3) is 21.8 Å². The summed E-state index contributed by atoms with van der Waals surface area (Å²) in [7, 11) is 3.25. The van der Waals surface area contributed by atoms with Crippen molar-refractivity contribution < 1.29 is 14.3 Å². The van der Waals surface area contributed by atoms with Crippen LogP contribution < -0.4 is 10.1 Å². The molecule has 0 unspecified atom stereocenters. The van der Waals surface area contributed by atoms with Crippen molar-refractivity contribution in [1.29, 1.82) is 0 Å². The standard InChI is InChI=1S/C27H26N4O3S/c1-4-31-21-11-7-5-9-18(21)19-15-17(13-14-22(19)31)28-27-30(2)26(33)24(35-27)16-25(32)29-20-10-6-8-12-23(20)34-3/h5-15,24H,4,16H2,1-3H3,(H,29,32)/t24-/m1/s1. The van der Waals surface area contributed by atoms with Gasteiger partial charge < -0.3 is 14.6 Å². The lowest BCUT2D eigenvalue weighted by Crippen LogP contribution is -2.30. The van der Waals surface area contributed by atoms with Crippen LogP contribution in [0, 0.1) is 0 Å². The third-order valence-corrected chi connectivity index (χ3v) is 7.42. The number of nitrogens with one attached hydrogen (secondary N) is 1. The number of thioether (sulfide) groups is 1. The maximum atomic E-state index is 12.9. The summed E-state index contributed by atoms with van der Waals surface area (Å²) >= 11 is 1.32. The molecule has 1 aliphatic rings. The molecule has 8 heteroatoms. The van der Waals surface area contributed by atoms with E-state index in [0.29, 0.717) is 16.6 Å². The van der Waals surface area contributed by atoms with Crippen LogP contribution in [-0.2, 0) is 16.1 Å². The number of carbonyl (C=O) groups is 2. The molecule has 178 valence electrons. The van der Waals surface area contributed by atoms with Crippen LogP contribution in [0.15, 0.2) is 71.7 Å². The zero-order valence-electron chi connectivity index (χ0n) is 19.8. The van der Waals surface area contributed by atoms with E-state index in [2.05, 4.69) is 47.1 Å². The second-order valence-corrected chi connectivity index (χ2v) is 9.48. The van der Waals surface area contributed by atoms with Crippen molar-refractivity contribution in [3.8, 4) is 5.75 Å². The first-order valence-corrected chi connectivity index (χ1v) is 12.3. The summed E-state index contributed by atoms with van der Waals surface area (Å²) in [6, 6.07) is 21.7. The first-order chi connectivity index (χ1) is 17.0. The molecule has 35 heavy (non-hydrogen) atoms. The van der Waals surface area contributed by atoms with Gasteiger partial charge in [0.15, 0.2) is 5.17 Å². The Morgan fingerprint density at radius 3 is 2.60 bits per heavy atom. The van der Waals surface area contributed by atoms with Gasteiger partial charge in [-0.05, 0) is 43.3 Å². The molecular formula is C27H26N4O3S. The molecule has 2 heterocycles. The fraction of sp³-hybridized carbons (Fsp3) is 0.222. The van der Waals surface area contributed by atoms with Crippen LogP contribution in [0.1, 0.15) is 13.3 Å². The molecule has 1 saturated heterocycles. The topological polar surface area (TPSA) is 75.9 Å². The smallest absolute Gasteiger partial charge is 0.242 e. The van der Waals surface area contributed by atoms with Gasteiger partial charge in [-0.3, -0.25) is 14.5 Å². The molecule has 1 aromatic heterocycles. The molecule has 0 spiro atoms. The number of amides is 2. The minimum absolute atomic E-state index is 0.0495. The lowest BCUT2D eigenvalue weighted by molar-refractivity contribution is -0.127. The van der Waals surface area contributed by atoms with Crippen LogP contribution in [0.4, 0.5) is 11.4 Å². The predicted octanol–water partition coefficient (Wildman–Crippen LogP) is 5.41. The van der Waals surface area contributed by atoms with Crippen molar-refractivity contribution in [2.24, 2.45) is 4.99 Å². The number of methoxy groups -OCH3 is 1. The number of para-hydroxylation sites is 3. The van der Waals surface area contributed by atoms with Gasteiger partial charge in [-0.15, -0.1) is 0 Å². The lowest BCUT2D eigenvalue weighted by Gasteiger charge is -2.11. The van der Waals surface area contributed by atoms with E-state index in [-0.39, 0.29) is 18.2 Å². The molecule has 5 rings (SSSR count). The number of amidine groups is 1. The summed E-state index contributed by atoms with van der Waals surface area (Å²) in [4.78, 5) is 31.8. The number of benzene rings is 3. The van der Waals surface area contributed by atoms with Crippen LogP contribution in [0.5, 0.6) is 5.75 Å². The summed E-state index contributed by atoms with van der Waals surface area (Å²) in [6.45, 7) is 3.02. The predicted molar refractivity (Wildman–Crippen MR) is 143 cm³/mol. The van der Waals surface area contributed by atoms with E-state index < -0.39 is 5.25 Å². The SMILES string of the molecule is CCn1c2ccccc2c2cc(N=C3S[C@H](CC(=O)Nc4ccccc4OC)C(=O)N3C)ccc21. The van der Waals surface area contributed by atoms with Gasteiger partial charge >= 0.3 is 0 Å². The Balaban J connectivity index is 1.37. The molecule has 1 N–H and O–H groups in total. The van der Waals surface area contributed by atoms with E-state index in [1.165, 1.54) is 27.6 Å². The van der Waals surface area contributed by atoms with Gasteiger partial charge in [0.2, 0.25) is 11.8 Å². The fourth-order valence-electron chi connectivity index (χ4n) is 4.48. The van der Waals surface area contributed by atoms with E-state index in [1.807, 2.05) is 24.3 Å². The van der Waals surface area contributed by atoms with Crippen molar-refractivity contribution in [3.63, 3.8) is 0 Å². The molecule has 0 radical (unpaired) electrons. The summed E-state index contributed by atoms with van der Waals surface area (Å²) in [5, 5.41) is 5.22. The maximum absolute atomic E-state index is 12.9. The average molecular weight is 487 g/mol. The fourth-order valence-corrected chi connectivity index (χ4v) is 5.63. The van der Waals surface area contributed by atoms with E-state index in [4.69, 9.17) is 9.73 Å². The number of hydrogen-bond acceptors (Lipinski definition) is 5. The normalized spacial score (nSPS) is 17.0. The van der Waals surface area contributed by atoms with E-state index >= 15 is 0 Å². The summed E-state index contributed by atoms with van der Waals surface area (Å²) in [6.07, 6.45) is 0.0495. The number of ether oxygens (including phenoxy) is 1. The number of anilines is 1. The molecule has 3 aromatic carbocycles. The van der Waals surface area contributed by atoms with Gasteiger partial charge in [-0.1, -0.05) is 42.1 Å². The number of hydrogen-bond donors (Lipinski definition) is 1. The van der Waals surface area contributed by atoms with Gasteiger partial charge in [-0.2, -0.15) is 0 Å². The quantitative estimate of drug-likeness (QED) is 0.395. The van der Waals surface area contributed by atoms with Crippen molar-refractivity contribution in [3.05, 3.63) is 66.7 Å². The number of carbonyl (C=O) groups excluding carboxylic acids is 2. The van der Waals surface area contributed by atoms with E-state index in [9.17, 15) is 9.59 Å². The molecule has 0 bridgehead atoms. The third-order valence-electron chi connectivity index (χ3n) is 6.19. The Morgan fingerprint density at radius 1 is 1.06 bits per heavy atom. The number of fused-ring (bicyclic) bond motifs is 3. The van der Waals surface area contributed by atoms with Crippen molar-refractivity contribution >= 4 is 61.9 Å². The second-order valence-electron chi connectivity index (χ2n) is 8.31. The highest BCUT2D eigenvalue weighted by molar-refractivity contribution is 8.15. The van der Waals surface area contributed by atoms with Gasteiger partial charge in [0, 0.05) is 41.8 Å². The number of aryl methyl sites for hydroxylation is 1. The zero-order valence-corrected chi connectivity index (χ0v) is 20.6.